The molecule has 1 aliphatic carbocycles. The van der Waals surface area contributed by atoms with Gasteiger partial charge in [0.2, 0.25) is 11.8 Å². The monoisotopic (exact) mass is 516 g/mol. The Morgan fingerprint density at radius 1 is 1.19 bits per heavy atom. The molecule has 1 aromatic rings. The quantitative estimate of drug-likeness (QED) is 0.536. The van der Waals surface area contributed by atoms with Gasteiger partial charge in [0.1, 0.15) is 10.9 Å². The minimum absolute atomic E-state index is 0.0334. The highest BCUT2D eigenvalue weighted by atomic mass is 32.1. The number of carboxylic acid groups (broad SMARTS) is 1. The van der Waals surface area contributed by atoms with Crippen LogP contribution < -0.4 is 4.90 Å². The molecular weight excluding hydrogens is 476 g/mol. The fourth-order valence-electron chi connectivity index (χ4n) is 4.95. The maximum atomic E-state index is 14.0. The maximum Gasteiger partial charge on any atom is 0.348 e. The van der Waals surface area contributed by atoms with Gasteiger partial charge < -0.3 is 14.7 Å². The molecule has 0 spiro atoms. The van der Waals surface area contributed by atoms with Crippen LogP contribution in [0.25, 0.3) is 0 Å². The number of carbonyl (C=O) groups excluding carboxylic acids is 2. The fourth-order valence-corrected chi connectivity index (χ4v) is 5.79. The molecule has 1 aromatic heterocycles. The summed E-state index contributed by atoms with van der Waals surface area (Å²) in [7, 11) is 1.65. The predicted octanol–water partition coefficient (Wildman–Crippen LogP) is 5.03. The van der Waals surface area contributed by atoms with Crippen molar-refractivity contribution in [2.45, 2.75) is 85.3 Å². The van der Waals surface area contributed by atoms with Gasteiger partial charge >= 0.3 is 5.97 Å². The van der Waals surface area contributed by atoms with E-state index >= 15 is 0 Å². The smallest absolute Gasteiger partial charge is 0.348 e. The number of nitrogens with zero attached hydrogens (tertiary/aromatic N) is 2. The maximum absolute atomic E-state index is 14.0. The first kappa shape index (κ1) is 28.2. The highest BCUT2D eigenvalue weighted by Gasteiger charge is 2.39. The van der Waals surface area contributed by atoms with E-state index in [1.165, 1.54) is 4.90 Å². The summed E-state index contributed by atoms with van der Waals surface area (Å²) < 4.78 is 5.49. The van der Waals surface area contributed by atoms with E-state index in [9.17, 15) is 19.5 Å². The van der Waals surface area contributed by atoms with Gasteiger partial charge in [-0.15, -0.1) is 11.3 Å². The molecule has 1 saturated carbocycles. The van der Waals surface area contributed by atoms with Gasteiger partial charge in [-0.25, -0.2) is 4.79 Å². The van der Waals surface area contributed by atoms with Crippen molar-refractivity contribution >= 4 is 34.8 Å². The van der Waals surface area contributed by atoms with Crippen LogP contribution >= 0.6 is 11.3 Å². The largest absolute Gasteiger partial charge is 0.477 e. The van der Waals surface area contributed by atoms with E-state index in [2.05, 4.69) is 18.8 Å². The third kappa shape index (κ3) is 6.89. The van der Waals surface area contributed by atoms with Gasteiger partial charge in [-0.2, -0.15) is 0 Å². The number of rotatable bonds is 6. The topological polar surface area (TPSA) is 87.2 Å². The molecule has 36 heavy (non-hydrogen) atoms. The summed E-state index contributed by atoms with van der Waals surface area (Å²) in [5.41, 5.74) is 0.0209. The Hall–Kier alpha value is -2.37. The van der Waals surface area contributed by atoms with E-state index < -0.39 is 12.0 Å². The number of hydrogen-bond donors (Lipinski definition) is 1. The molecule has 2 heterocycles. The van der Waals surface area contributed by atoms with Crippen molar-refractivity contribution in [2.24, 2.45) is 17.3 Å². The van der Waals surface area contributed by atoms with Crippen molar-refractivity contribution in [3.05, 3.63) is 15.8 Å². The number of likely N-dealkylation sites (tertiary alicyclic amines) is 1. The Morgan fingerprint density at radius 2 is 1.86 bits per heavy atom. The van der Waals surface area contributed by atoms with E-state index in [0.717, 1.165) is 49.9 Å². The van der Waals surface area contributed by atoms with Crippen molar-refractivity contribution in [1.82, 2.24) is 4.90 Å². The Balaban J connectivity index is 2.02. The van der Waals surface area contributed by atoms with Crippen LogP contribution in [0.4, 0.5) is 5.69 Å². The van der Waals surface area contributed by atoms with E-state index in [4.69, 9.17) is 4.74 Å². The number of thiophene rings is 1. The highest BCUT2D eigenvalue weighted by molar-refractivity contribution is 7.15. The molecule has 0 aromatic carbocycles. The van der Waals surface area contributed by atoms with Crippen LogP contribution in [0.2, 0.25) is 0 Å². The number of piperidine rings is 1. The number of amides is 2. The first-order valence-corrected chi connectivity index (χ1v) is 13.8. The average Bonchev–Trinajstić information content (AvgIpc) is 3.26. The van der Waals surface area contributed by atoms with Gasteiger partial charge in [0, 0.05) is 31.5 Å². The van der Waals surface area contributed by atoms with E-state index in [-0.39, 0.29) is 39.8 Å². The van der Waals surface area contributed by atoms with Gasteiger partial charge in [0.15, 0.2) is 0 Å². The Bertz CT molecular complexity index is 1020. The number of carbonyl (C=O) groups is 3. The molecule has 7 nitrogen and oxygen atoms in total. The standard InChI is InChI=1S/C28H40N2O5S/c1-18-9-11-20(12-10-18)26(32)30(19(2)25(31)29-15-7-8-21(17-29)35-6)23-16-22(13-14-28(3,4)5)36-24(23)27(33)34/h16,18-21H,7-12,15,17H2,1-6H3,(H,33,34)/t18-,19-,20-,21?/m0/s1. The summed E-state index contributed by atoms with van der Waals surface area (Å²) in [6.07, 6.45) is 5.08. The Kier molecular flexibility index (Phi) is 9.23. The lowest BCUT2D eigenvalue weighted by Crippen LogP contribution is -2.54. The van der Waals surface area contributed by atoms with Crippen LogP contribution in [0.3, 0.4) is 0 Å². The summed E-state index contributed by atoms with van der Waals surface area (Å²) >= 11 is 1.06. The lowest BCUT2D eigenvalue weighted by Gasteiger charge is -2.38. The highest BCUT2D eigenvalue weighted by Crippen LogP contribution is 2.36. The van der Waals surface area contributed by atoms with Gasteiger partial charge in [0.05, 0.1) is 16.7 Å². The van der Waals surface area contributed by atoms with Gasteiger partial charge in [-0.1, -0.05) is 18.8 Å². The van der Waals surface area contributed by atoms with Crippen molar-refractivity contribution in [3.8, 4) is 11.8 Å². The molecule has 2 amide bonds. The Labute approximate surface area is 219 Å². The van der Waals surface area contributed by atoms with Gasteiger partial charge in [0.25, 0.3) is 0 Å². The van der Waals surface area contributed by atoms with Crippen molar-refractivity contribution in [2.75, 3.05) is 25.1 Å². The number of ether oxygens (including phenoxy) is 1. The predicted molar refractivity (Wildman–Crippen MR) is 142 cm³/mol. The summed E-state index contributed by atoms with van der Waals surface area (Å²) in [6, 6.07) is 0.845. The second-order valence-electron chi connectivity index (χ2n) is 11.3. The molecule has 0 radical (unpaired) electrons. The number of aromatic carboxylic acids is 1. The summed E-state index contributed by atoms with van der Waals surface area (Å²) in [4.78, 5) is 43.7. The van der Waals surface area contributed by atoms with Crippen molar-refractivity contribution < 1.29 is 24.2 Å². The number of carboxylic acids is 1. The molecule has 3 rings (SSSR count). The minimum Gasteiger partial charge on any atom is -0.477 e. The number of hydrogen-bond acceptors (Lipinski definition) is 5. The molecule has 198 valence electrons. The summed E-state index contributed by atoms with van der Waals surface area (Å²) in [5.74, 6) is 5.09. The molecule has 1 unspecified atom stereocenters. The second kappa shape index (κ2) is 11.8. The first-order chi connectivity index (χ1) is 16.9. The zero-order valence-corrected chi connectivity index (χ0v) is 23.2. The lowest BCUT2D eigenvalue weighted by atomic mass is 9.82. The molecule has 0 bridgehead atoms. The molecule has 2 atom stereocenters. The fraction of sp³-hybridized carbons (Fsp3) is 0.679. The molecule has 2 fully saturated rings. The van der Waals surface area contributed by atoms with Gasteiger partial charge in [-0.3, -0.25) is 14.5 Å². The second-order valence-corrected chi connectivity index (χ2v) is 12.3. The third-order valence-corrected chi connectivity index (χ3v) is 8.13. The first-order valence-electron chi connectivity index (χ1n) is 13.0. The molecule has 1 aliphatic heterocycles. The van der Waals surface area contributed by atoms with Gasteiger partial charge in [-0.05, 0) is 78.2 Å². The van der Waals surface area contributed by atoms with Crippen LogP contribution in [0.5, 0.6) is 0 Å². The van der Waals surface area contributed by atoms with E-state index in [1.54, 1.807) is 25.0 Å². The van der Waals surface area contributed by atoms with Crippen LogP contribution in [-0.2, 0) is 14.3 Å². The number of anilines is 1. The zero-order valence-electron chi connectivity index (χ0n) is 22.4. The molecular formula is C28H40N2O5S. The molecule has 8 heteroatoms. The van der Waals surface area contributed by atoms with Crippen LogP contribution in [0.15, 0.2) is 6.07 Å². The summed E-state index contributed by atoms with van der Waals surface area (Å²) in [6.45, 7) is 10.9. The van der Waals surface area contributed by atoms with Crippen molar-refractivity contribution in [3.63, 3.8) is 0 Å². The SMILES string of the molecule is COC1CCCN(C(=O)[C@H](C)N(c2cc(C#CC(C)(C)C)sc2C(=O)O)C(=O)[C@H]2CC[C@H](C)CC2)C1. The normalized spacial score (nSPS) is 23.4. The van der Waals surface area contributed by atoms with Crippen LogP contribution in [0.1, 0.15) is 87.7 Å². The van der Waals surface area contributed by atoms with E-state index in [0.29, 0.717) is 23.9 Å². The van der Waals surface area contributed by atoms with Crippen LogP contribution in [-0.4, -0.2) is 60.1 Å². The Morgan fingerprint density at radius 3 is 2.44 bits per heavy atom. The zero-order chi connectivity index (χ0) is 26.6. The summed E-state index contributed by atoms with van der Waals surface area (Å²) in [5, 5.41) is 10.0. The van der Waals surface area contributed by atoms with Crippen LogP contribution in [0, 0.1) is 29.1 Å². The third-order valence-electron chi connectivity index (χ3n) is 7.10. The molecule has 1 saturated heterocycles. The average molecular weight is 517 g/mol. The minimum atomic E-state index is -1.12. The lowest BCUT2D eigenvalue weighted by molar-refractivity contribution is -0.138. The molecule has 1 N–H and O–H groups in total. The van der Waals surface area contributed by atoms with E-state index in [1.807, 2.05) is 20.8 Å². The molecule has 2 aliphatic rings. The van der Waals surface area contributed by atoms with Crippen molar-refractivity contribution in [1.29, 1.82) is 0 Å². The number of methoxy groups -OCH3 is 1.